The van der Waals surface area contributed by atoms with Gasteiger partial charge in [0.2, 0.25) is 0 Å². The molecule has 0 bridgehead atoms. The van der Waals surface area contributed by atoms with Crippen LogP contribution < -0.4 is 0 Å². The smallest absolute Gasteiger partial charge is 0.106 e. The summed E-state index contributed by atoms with van der Waals surface area (Å²) in [6.07, 6.45) is 5.01. The lowest BCUT2D eigenvalue weighted by molar-refractivity contribution is -0.154. The minimum atomic E-state index is -0.479. The van der Waals surface area contributed by atoms with Gasteiger partial charge in [-0.05, 0) is 19.8 Å². The van der Waals surface area contributed by atoms with Crippen molar-refractivity contribution >= 4 is 0 Å². The Morgan fingerprint density at radius 3 is 2.43 bits per heavy atom. The Labute approximate surface area is 86.4 Å². The maximum absolute atomic E-state index is 10.0. The highest BCUT2D eigenvalue weighted by atomic mass is 16.5. The van der Waals surface area contributed by atoms with Gasteiger partial charge >= 0.3 is 0 Å². The lowest BCUT2D eigenvalue weighted by Crippen LogP contribution is -2.48. The summed E-state index contributed by atoms with van der Waals surface area (Å²) in [6, 6.07) is 0. The topological polar surface area (TPSA) is 38.7 Å². The van der Waals surface area contributed by atoms with E-state index in [4.69, 9.17) is 9.47 Å². The summed E-state index contributed by atoms with van der Waals surface area (Å²) < 4.78 is 10.8. The minimum Gasteiger partial charge on any atom is -0.388 e. The van der Waals surface area contributed by atoms with Crippen LogP contribution in [-0.4, -0.2) is 37.1 Å². The number of ether oxygens (including phenoxy) is 2. The first-order chi connectivity index (χ1) is 6.75. The molecule has 0 aromatic heterocycles. The van der Waals surface area contributed by atoms with Gasteiger partial charge in [0.05, 0.1) is 12.2 Å². The van der Waals surface area contributed by atoms with Crippen LogP contribution in [0.3, 0.4) is 0 Å². The van der Waals surface area contributed by atoms with E-state index in [1.54, 1.807) is 7.11 Å². The number of aliphatic hydroxyl groups is 1. The van der Waals surface area contributed by atoms with E-state index in [1.807, 2.05) is 6.92 Å². The fourth-order valence-electron chi connectivity index (χ4n) is 2.32. The van der Waals surface area contributed by atoms with Gasteiger partial charge in [0.1, 0.15) is 6.10 Å². The zero-order valence-corrected chi connectivity index (χ0v) is 9.29. The maximum atomic E-state index is 10.0. The highest BCUT2D eigenvalue weighted by Crippen LogP contribution is 2.34. The number of aliphatic hydroxyl groups excluding tert-OH is 1. The monoisotopic (exact) mass is 202 g/mol. The molecule has 1 atom stereocenters. The van der Waals surface area contributed by atoms with Gasteiger partial charge in [0.15, 0.2) is 0 Å². The summed E-state index contributed by atoms with van der Waals surface area (Å²) in [6.45, 7) is 3.02. The fraction of sp³-hybridized carbons (Fsp3) is 1.00. The molecule has 1 aliphatic carbocycles. The van der Waals surface area contributed by atoms with Crippen LogP contribution in [0, 0.1) is 0 Å². The highest BCUT2D eigenvalue weighted by Gasteiger charge is 2.39. The summed E-state index contributed by atoms with van der Waals surface area (Å²) in [4.78, 5) is 0. The Bertz CT molecular complexity index is 147. The molecule has 0 spiro atoms. The summed E-state index contributed by atoms with van der Waals surface area (Å²) >= 11 is 0. The van der Waals surface area contributed by atoms with Crippen LogP contribution in [0.15, 0.2) is 0 Å². The van der Waals surface area contributed by atoms with Crippen molar-refractivity contribution in [2.45, 2.75) is 50.7 Å². The van der Waals surface area contributed by atoms with Crippen LogP contribution in [0.5, 0.6) is 0 Å². The lowest BCUT2D eigenvalue weighted by Gasteiger charge is -2.40. The third-order valence-electron chi connectivity index (χ3n) is 3.06. The van der Waals surface area contributed by atoms with Crippen molar-refractivity contribution in [2.24, 2.45) is 0 Å². The fourth-order valence-corrected chi connectivity index (χ4v) is 2.32. The molecule has 0 aromatic carbocycles. The zero-order valence-electron chi connectivity index (χ0n) is 9.29. The Morgan fingerprint density at radius 2 is 1.93 bits per heavy atom. The Kier molecular flexibility index (Phi) is 4.85. The summed E-state index contributed by atoms with van der Waals surface area (Å²) in [5.41, 5.74) is -0.330. The van der Waals surface area contributed by atoms with E-state index in [9.17, 15) is 5.11 Å². The molecule has 1 aliphatic rings. The largest absolute Gasteiger partial charge is 0.388 e. The number of methoxy groups -OCH3 is 1. The van der Waals surface area contributed by atoms with Gasteiger partial charge in [-0.2, -0.15) is 0 Å². The zero-order chi connectivity index (χ0) is 10.4. The maximum Gasteiger partial charge on any atom is 0.106 e. The molecule has 14 heavy (non-hydrogen) atoms. The SMILES string of the molecule is CCOC1(C(O)COC)CCCCC1. The number of hydrogen-bond donors (Lipinski definition) is 1. The average molecular weight is 202 g/mol. The molecule has 3 heteroatoms. The van der Waals surface area contributed by atoms with Gasteiger partial charge in [0.25, 0.3) is 0 Å². The first-order valence-corrected chi connectivity index (χ1v) is 5.56. The van der Waals surface area contributed by atoms with Gasteiger partial charge in [-0.15, -0.1) is 0 Å². The summed E-state index contributed by atoms with van der Waals surface area (Å²) in [5, 5.41) is 10.0. The molecule has 1 fully saturated rings. The molecule has 1 N–H and O–H groups in total. The Balaban J connectivity index is 2.58. The van der Waals surface area contributed by atoms with Crippen LogP contribution in [0.25, 0.3) is 0 Å². The van der Waals surface area contributed by atoms with Crippen molar-refractivity contribution in [3.05, 3.63) is 0 Å². The second-order valence-electron chi connectivity index (χ2n) is 4.03. The van der Waals surface area contributed by atoms with Crippen molar-refractivity contribution in [2.75, 3.05) is 20.3 Å². The molecule has 0 aliphatic heterocycles. The predicted molar refractivity (Wildman–Crippen MR) is 55.3 cm³/mol. The third-order valence-corrected chi connectivity index (χ3v) is 3.06. The first kappa shape index (κ1) is 12.0. The van der Waals surface area contributed by atoms with E-state index in [0.717, 1.165) is 25.7 Å². The van der Waals surface area contributed by atoms with Crippen molar-refractivity contribution in [3.8, 4) is 0 Å². The van der Waals surface area contributed by atoms with Crippen molar-refractivity contribution in [3.63, 3.8) is 0 Å². The molecule has 0 heterocycles. The molecule has 1 rings (SSSR count). The van der Waals surface area contributed by atoms with Gasteiger partial charge in [-0.1, -0.05) is 19.3 Å². The second-order valence-corrected chi connectivity index (χ2v) is 4.03. The normalized spacial score (nSPS) is 23.4. The quantitative estimate of drug-likeness (QED) is 0.738. The van der Waals surface area contributed by atoms with Crippen molar-refractivity contribution in [1.82, 2.24) is 0 Å². The van der Waals surface area contributed by atoms with Crippen molar-refractivity contribution in [1.29, 1.82) is 0 Å². The van der Waals surface area contributed by atoms with Crippen LogP contribution in [-0.2, 0) is 9.47 Å². The third kappa shape index (κ3) is 2.69. The average Bonchev–Trinajstić information content (AvgIpc) is 2.20. The van der Waals surface area contributed by atoms with E-state index in [1.165, 1.54) is 6.42 Å². The van der Waals surface area contributed by atoms with Gasteiger partial charge in [-0.3, -0.25) is 0 Å². The molecule has 0 aromatic rings. The van der Waals surface area contributed by atoms with E-state index >= 15 is 0 Å². The standard InChI is InChI=1S/C11H22O3/c1-3-14-11(10(12)9-13-2)7-5-4-6-8-11/h10,12H,3-9H2,1-2H3. The Morgan fingerprint density at radius 1 is 1.29 bits per heavy atom. The predicted octanol–water partition coefficient (Wildman–Crippen LogP) is 1.73. The molecule has 3 nitrogen and oxygen atoms in total. The van der Waals surface area contributed by atoms with Crippen LogP contribution >= 0.6 is 0 Å². The van der Waals surface area contributed by atoms with Crippen molar-refractivity contribution < 1.29 is 14.6 Å². The van der Waals surface area contributed by atoms with Crippen LogP contribution in [0.4, 0.5) is 0 Å². The van der Waals surface area contributed by atoms with Gasteiger partial charge in [-0.25, -0.2) is 0 Å². The summed E-state index contributed by atoms with van der Waals surface area (Å²) in [7, 11) is 1.62. The van der Waals surface area contributed by atoms with E-state index in [2.05, 4.69) is 0 Å². The molecule has 1 unspecified atom stereocenters. The van der Waals surface area contributed by atoms with E-state index in [-0.39, 0.29) is 5.60 Å². The lowest BCUT2D eigenvalue weighted by atomic mass is 9.80. The number of hydrogen-bond acceptors (Lipinski definition) is 3. The molecular weight excluding hydrogens is 180 g/mol. The molecular formula is C11H22O3. The Hall–Kier alpha value is -0.120. The molecule has 1 saturated carbocycles. The second kappa shape index (κ2) is 5.69. The van der Waals surface area contributed by atoms with Crippen LogP contribution in [0.2, 0.25) is 0 Å². The molecule has 0 amide bonds. The van der Waals surface area contributed by atoms with Gasteiger partial charge < -0.3 is 14.6 Å². The molecule has 0 saturated heterocycles. The molecule has 0 radical (unpaired) electrons. The summed E-state index contributed by atoms with van der Waals surface area (Å²) in [5.74, 6) is 0. The minimum absolute atomic E-state index is 0.330. The van der Waals surface area contributed by atoms with E-state index in [0.29, 0.717) is 13.2 Å². The van der Waals surface area contributed by atoms with E-state index < -0.39 is 6.10 Å². The number of rotatable bonds is 5. The molecule has 84 valence electrons. The van der Waals surface area contributed by atoms with Crippen LogP contribution in [0.1, 0.15) is 39.0 Å². The highest BCUT2D eigenvalue weighted by molar-refractivity contribution is 4.91. The first-order valence-electron chi connectivity index (χ1n) is 5.56. The van der Waals surface area contributed by atoms with Gasteiger partial charge in [0, 0.05) is 13.7 Å².